The van der Waals surface area contributed by atoms with Crippen LogP contribution in [0.4, 0.5) is 0 Å². The number of aromatic nitrogens is 2. The molecule has 3 heterocycles. The molecule has 1 aliphatic rings. The van der Waals surface area contributed by atoms with Crippen LogP contribution in [0.3, 0.4) is 0 Å². The van der Waals surface area contributed by atoms with Gasteiger partial charge in [0.05, 0.1) is 0 Å². The van der Waals surface area contributed by atoms with E-state index in [-0.39, 0.29) is 0 Å². The van der Waals surface area contributed by atoms with Gasteiger partial charge in [0.15, 0.2) is 0 Å². The zero-order chi connectivity index (χ0) is 35.3. The molecule has 1 aliphatic heterocycles. The van der Waals surface area contributed by atoms with Crippen molar-refractivity contribution in [2.45, 2.75) is 11.5 Å². The second kappa shape index (κ2) is 11.5. The molecule has 0 unspecified atom stereocenters. The molecule has 0 spiro atoms. The predicted molar refractivity (Wildman–Crippen MR) is 228 cm³/mol. The molecular formula is C50H36GeN2. The molecule has 0 N–H and O–H groups in total. The minimum absolute atomic E-state index is 1.19. The molecule has 11 rings (SSSR count). The van der Waals surface area contributed by atoms with Gasteiger partial charge in [0.1, 0.15) is 0 Å². The van der Waals surface area contributed by atoms with Crippen LogP contribution >= 0.6 is 0 Å². The van der Waals surface area contributed by atoms with Gasteiger partial charge in [-0.3, -0.25) is 0 Å². The van der Waals surface area contributed by atoms with E-state index in [1.54, 1.807) is 8.79 Å². The van der Waals surface area contributed by atoms with Gasteiger partial charge < -0.3 is 0 Å². The molecule has 0 atom stereocenters. The van der Waals surface area contributed by atoms with Crippen LogP contribution in [-0.2, 0) is 0 Å². The first kappa shape index (κ1) is 30.5. The molecule has 2 nitrogen and oxygen atoms in total. The molecule has 0 amide bonds. The third-order valence-corrected chi connectivity index (χ3v) is 19.1. The summed E-state index contributed by atoms with van der Waals surface area (Å²) in [5, 5.41) is 5.16. The van der Waals surface area contributed by atoms with Crippen LogP contribution in [0.1, 0.15) is 0 Å². The summed E-state index contributed by atoms with van der Waals surface area (Å²) in [4.78, 5) is 0. The van der Waals surface area contributed by atoms with Crippen LogP contribution in [0, 0.1) is 0 Å². The van der Waals surface area contributed by atoms with Crippen LogP contribution in [0.25, 0.3) is 88.4 Å². The summed E-state index contributed by atoms with van der Waals surface area (Å²) in [6, 6.07) is 67.6. The fraction of sp³-hybridized carbons (Fsp3) is 0.0400. The van der Waals surface area contributed by atoms with Gasteiger partial charge in [0.25, 0.3) is 0 Å². The van der Waals surface area contributed by atoms with Gasteiger partial charge in [0, 0.05) is 0 Å². The van der Waals surface area contributed by atoms with Crippen molar-refractivity contribution in [2.24, 2.45) is 0 Å². The SMILES string of the molecule is [CH3][Ge]1([CH3])[c]2cc(-c3ccc4c(c3)c3ccccc3n4-c3ccccc3)ccc2-c2ccc(-c3ccc4c(c3)c3ccccc3n4-c3ccccc3)c[c]21. The van der Waals surface area contributed by atoms with Crippen LogP contribution in [-0.4, -0.2) is 22.4 Å². The van der Waals surface area contributed by atoms with E-state index in [4.69, 9.17) is 0 Å². The Bertz CT molecular complexity index is 2870. The van der Waals surface area contributed by atoms with Crippen LogP contribution in [0.5, 0.6) is 0 Å². The van der Waals surface area contributed by atoms with Gasteiger partial charge in [-0.25, -0.2) is 0 Å². The Morgan fingerprint density at radius 1 is 0.321 bits per heavy atom. The Balaban J connectivity index is 0.996. The third-order valence-electron chi connectivity index (χ3n) is 11.7. The number of fused-ring (bicyclic) bond motifs is 9. The van der Waals surface area contributed by atoms with Crippen molar-refractivity contribution in [3.63, 3.8) is 0 Å². The number of para-hydroxylation sites is 4. The maximum absolute atomic E-state index is 2.64. The predicted octanol–water partition coefficient (Wildman–Crippen LogP) is 12.0. The topological polar surface area (TPSA) is 9.86 Å². The van der Waals surface area contributed by atoms with Crippen LogP contribution < -0.4 is 8.79 Å². The number of hydrogen-bond donors (Lipinski definition) is 0. The Hall–Kier alpha value is -6.10. The van der Waals surface area contributed by atoms with Crippen LogP contribution in [0.2, 0.25) is 11.5 Å². The van der Waals surface area contributed by atoms with Gasteiger partial charge >= 0.3 is 313 Å². The molecular weight excluding hydrogens is 701 g/mol. The zero-order valence-electron chi connectivity index (χ0n) is 29.7. The zero-order valence-corrected chi connectivity index (χ0v) is 31.8. The molecule has 8 aromatic carbocycles. The summed E-state index contributed by atoms with van der Waals surface area (Å²) < 4.78 is 7.93. The van der Waals surface area contributed by atoms with E-state index in [0.29, 0.717) is 0 Å². The molecule has 2 aromatic heterocycles. The second-order valence-electron chi connectivity index (χ2n) is 15.0. The van der Waals surface area contributed by atoms with Gasteiger partial charge in [-0.2, -0.15) is 0 Å². The molecule has 53 heavy (non-hydrogen) atoms. The van der Waals surface area contributed by atoms with E-state index < -0.39 is 13.3 Å². The number of nitrogens with zero attached hydrogens (tertiary/aromatic N) is 2. The third kappa shape index (κ3) is 4.52. The fourth-order valence-electron chi connectivity index (χ4n) is 9.11. The maximum atomic E-state index is 2.57. The van der Waals surface area contributed by atoms with Crippen molar-refractivity contribution in [2.75, 3.05) is 0 Å². The van der Waals surface area contributed by atoms with Crippen molar-refractivity contribution in [1.82, 2.24) is 9.13 Å². The normalized spacial score (nSPS) is 13.2. The van der Waals surface area contributed by atoms with Crippen molar-refractivity contribution in [3.05, 3.63) is 182 Å². The van der Waals surface area contributed by atoms with Crippen molar-refractivity contribution in [1.29, 1.82) is 0 Å². The minimum atomic E-state index is -2.64. The quantitative estimate of drug-likeness (QED) is 0.159. The Kier molecular flexibility index (Phi) is 6.59. The summed E-state index contributed by atoms with van der Waals surface area (Å²) in [6.45, 7) is 0. The van der Waals surface area contributed by atoms with Crippen molar-refractivity contribution >= 4 is 65.7 Å². The van der Waals surface area contributed by atoms with E-state index >= 15 is 0 Å². The summed E-state index contributed by atoms with van der Waals surface area (Å²) in [5.41, 5.74) is 15.3. The Morgan fingerprint density at radius 3 is 1.13 bits per heavy atom. The average molecular weight is 737 g/mol. The van der Waals surface area contributed by atoms with E-state index in [1.165, 1.54) is 88.4 Å². The number of benzene rings is 8. The van der Waals surface area contributed by atoms with E-state index in [2.05, 4.69) is 203 Å². The summed E-state index contributed by atoms with van der Waals surface area (Å²) in [7, 11) is 0. The van der Waals surface area contributed by atoms with Gasteiger partial charge in [-0.15, -0.1) is 0 Å². The van der Waals surface area contributed by atoms with Crippen LogP contribution in [0.15, 0.2) is 182 Å². The van der Waals surface area contributed by atoms with Gasteiger partial charge in [-0.05, 0) is 0 Å². The summed E-state index contributed by atoms with van der Waals surface area (Å²) in [5.74, 6) is 5.15. The summed E-state index contributed by atoms with van der Waals surface area (Å²) in [6.07, 6.45) is 0. The molecule has 3 heteroatoms. The van der Waals surface area contributed by atoms with Crippen molar-refractivity contribution in [3.8, 4) is 44.8 Å². The molecule has 250 valence electrons. The standard InChI is InChI=1S/C50H36GeN2/c1-51(2)45-31-35(33-23-27-49-43(29-33)41-17-9-11-19-47(41)52(49)37-13-5-3-6-14-37)21-25-39(45)40-26-22-36(32-46(40)51)34-24-28-50-44(30-34)42-18-10-12-20-48(42)53(50)38-15-7-4-8-16-38/h3-32H,1-2H3. The second-order valence-corrected chi connectivity index (χ2v) is 24.1. The van der Waals surface area contributed by atoms with E-state index in [1.807, 2.05) is 0 Å². The first-order valence-electron chi connectivity index (χ1n) is 18.5. The molecule has 0 saturated heterocycles. The van der Waals surface area contributed by atoms with E-state index in [9.17, 15) is 0 Å². The monoisotopic (exact) mass is 738 g/mol. The average Bonchev–Trinajstić information content (AvgIpc) is 3.80. The van der Waals surface area contributed by atoms with Crippen molar-refractivity contribution < 1.29 is 0 Å². The number of hydrogen-bond acceptors (Lipinski definition) is 0. The fourth-order valence-corrected chi connectivity index (χ4v) is 15.6. The first-order valence-corrected chi connectivity index (χ1v) is 24.8. The molecule has 0 bridgehead atoms. The molecule has 0 fully saturated rings. The first-order chi connectivity index (χ1) is 26.0. The molecule has 0 aliphatic carbocycles. The van der Waals surface area contributed by atoms with Gasteiger partial charge in [-0.1, -0.05) is 0 Å². The molecule has 0 radical (unpaired) electrons. The summed E-state index contributed by atoms with van der Waals surface area (Å²) >= 11 is -2.64. The van der Waals surface area contributed by atoms with E-state index in [0.717, 1.165) is 0 Å². The molecule has 10 aromatic rings. The number of rotatable bonds is 4. The Labute approximate surface area is 311 Å². The van der Waals surface area contributed by atoms with Gasteiger partial charge in [0.2, 0.25) is 0 Å². The molecule has 0 saturated carbocycles. The Morgan fingerprint density at radius 2 is 0.679 bits per heavy atom.